The van der Waals surface area contributed by atoms with Gasteiger partial charge in [-0.1, -0.05) is 93.3 Å². The van der Waals surface area contributed by atoms with Crippen LogP contribution in [0.15, 0.2) is 60.7 Å². The Balaban J connectivity index is 0.00000225. The van der Waals surface area contributed by atoms with Gasteiger partial charge in [0, 0.05) is 0 Å². The van der Waals surface area contributed by atoms with Gasteiger partial charge in [-0.15, -0.1) is 0 Å². The van der Waals surface area contributed by atoms with E-state index in [2.05, 4.69) is 88.4 Å². The maximum atomic E-state index is 2.47. The molecule has 1 aliphatic carbocycles. The first-order valence-electron chi connectivity index (χ1n) is 9.30. The van der Waals surface area contributed by atoms with Crippen LogP contribution in [0.3, 0.4) is 0 Å². The van der Waals surface area contributed by atoms with Crippen LogP contribution >= 0.6 is 7.92 Å². The van der Waals surface area contributed by atoms with Gasteiger partial charge in [0.1, 0.15) is 0 Å². The summed E-state index contributed by atoms with van der Waals surface area (Å²) in [5.41, 5.74) is 0. The predicted molar refractivity (Wildman–Crippen MR) is 108 cm³/mol. The van der Waals surface area contributed by atoms with Crippen LogP contribution in [-0.4, -0.2) is 6.16 Å². The second-order valence-electron chi connectivity index (χ2n) is 7.46. The topological polar surface area (TPSA) is 0 Å². The summed E-state index contributed by atoms with van der Waals surface area (Å²) in [7, 11) is -0.243. The fourth-order valence-corrected chi connectivity index (χ4v) is 6.84. The van der Waals surface area contributed by atoms with Crippen molar-refractivity contribution in [3.63, 3.8) is 0 Å². The van der Waals surface area contributed by atoms with Crippen molar-refractivity contribution in [2.45, 2.75) is 34.1 Å². The van der Waals surface area contributed by atoms with Crippen LogP contribution in [0.25, 0.3) is 0 Å². The number of rotatable bonds is 5. The summed E-state index contributed by atoms with van der Waals surface area (Å²) < 4.78 is 0. The molecule has 0 saturated heterocycles. The molecule has 0 amide bonds. The summed E-state index contributed by atoms with van der Waals surface area (Å²) >= 11 is 0. The fourth-order valence-electron chi connectivity index (χ4n) is 4.41. The molecule has 4 atom stereocenters. The molecule has 0 radical (unpaired) electrons. The summed E-state index contributed by atoms with van der Waals surface area (Å²) in [5, 5.41) is 3.04. The molecule has 0 heterocycles. The van der Waals surface area contributed by atoms with Gasteiger partial charge < -0.3 is 5.92 Å². The summed E-state index contributed by atoms with van der Waals surface area (Å²) in [5.74, 6) is 4.94. The fraction of sp³-hybridized carbons (Fsp3) is 0.435. The van der Waals surface area contributed by atoms with E-state index < -0.39 is 0 Å². The summed E-state index contributed by atoms with van der Waals surface area (Å²) in [6, 6.07) is 22.3. The van der Waals surface area contributed by atoms with E-state index in [0.29, 0.717) is 0 Å². The van der Waals surface area contributed by atoms with Gasteiger partial charge in [-0.25, -0.2) is 0 Å². The Morgan fingerprint density at radius 2 is 1.28 bits per heavy atom. The van der Waals surface area contributed by atoms with E-state index in [0.717, 1.165) is 23.7 Å². The van der Waals surface area contributed by atoms with Crippen LogP contribution in [0, 0.1) is 29.6 Å². The molecular weight excluding hydrogens is 314 g/mol. The molecule has 0 N–H and O–H groups in total. The number of hydrogen-bond acceptors (Lipinski definition) is 0. The molecule has 2 aromatic carbocycles. The van der Waals surface area contributed by atoms with Crippen molar-refractivity contribution < 1.29 is 18.9 Å². The Hall–Kier alpha value is -0.533. The molecule has 0 bridgehead atoms. The smallest absolute Gasteiger partial charge is 0.311 e. The molecule has 0 nitrogen and oxygen atoms in total. The zero-order valence-electron chi connectivity index (χ0n) is 16.4. The summed E-state index contributed by atoms with van der Waals surface area (Å²) in [4.78, 5) is 0. The summed E-state index contributed by atoms with van der Waals surface area (Å²) in [6.07, 6.45) is 2.65. The van der Waals surface area contributed by atoms with Crippen molar-refractivity contribution in [2.24, 2.45) is 23.7 Å². The van der Waals surface area contributed by atoms with Crippen molar-refractivity contribution in [3.8, 4) is 0 Å². The number of benzene rings is 2. The van der Waals surface area contributed by atoms with E-state index >= 15 is 0 Å². The first-order valence-corrected chi connectivity index (χ1v) is 10.8. The van der Waals surface area contributed by atoms with Crippen molar-refractivity contribution in [2.75, 3.05) is 6.16 Å². The van der Waals surface area contributed by atoms with Crippen LogP contribution in [0.5, 0.6) is 0 Å². The van der Waals surface area contributed by atoms with E-state index in [-0.39, 0.29) is 26.8 Å². The van der Waals surface area contributed by atoms with E-state index in [9.17, 15) is 0 Å². The van der Waals surface area contributed by atoms with Crippen LogP contribution in [0.4, 0.5) is 0 Å². The van der Waals surface area contributed by atoms with Crippen molar-refractivity contribution in [3.05, 3.63) is 66.6 Å². The summed E-state index contributed by atoms with van der Waals surface area (Å²) in [6.45, 7) is 9.72. The largest absolute Gasteiger partial charge is 1.00 e. The van der Waals surface area contributed by atoms with E-state index in [1.54, 1.807) is 5.92 Å². The zero-order chi connectivity index (χ0) is 17.1. The van der Waals surface area contributed by atoms with Crippen molar-refractivity contribution in [1.82, 2.24) is 0 Å². The van der Waals surface area contributed by atoms with Crippen LogP contribution in [0.1, 0.15) is 34.1 Å². The second-order valence-corrected chi connectivity index (χ2v) is 9.79. The maximum Gasteiger partial charge on any atom is 1.00 e. The van der Waals surface area contributed by atoms with Gasteiger partial charge in [-0.2, -0.15) is 18.8 Å². The minimum atomic E-state index is -0.243. The molecule has 3 rings (SSSR count). The number of hydrogen-bond donors (Lipinski definition) is 0. The standard InChI is InChI=1S/C23H30P.Li/c1-17-18(2)20(4)23(19(17)3)15-16-24(21-11-7-5-8-12-21)22-13-9-6-10-14-22;/h5-14,17,19-20,23H,15-16H2,1-4H3;/q-1;+1. The zero-order valence-corrected chi connectivity index (χ0v) is 17.3. The van der Waals surface area contributed by atoms with E-state index in [1.165, 1.54) is 23.2 Å². The minimum Gasteiger partial charge on any atom is -0.311 e. The Kier molecular flexibility index (Phi) is 7.83. The molecule has 0 spiro atoms. The van der Waals surface area contributed by atoms with Crippen LogP contribution in [-0.2, 0) is 0 Å². The molecule has 25 heavy (non-hydrogen) atoms. The van der Waals surface area contributed by atoms with Gasteiger partial charge in [0.05, 0.1) is 0 Å². The maximum absolute atomic E-state index is 2.47. The quantitative estimate of drug-likeness (QED) is 0.444. The monoisotopic (exact) mass is 344 g/mol. The average Bonchev–Trinajstić information content (AvgIpc) is 2.81. The van der Waals surface area contributed by atoms with Gasteiger partial charge in [-0.3, -0.25) is 0 Å². The molecule has 128 valence electrons. The Morgan fingerprint density at radius 3 is 1.68 bits per heavy atom. The Labute approximate surface area is 167 Å². The predicted octanol–water partition coefficient (Wildman–Crippen LogP) is 2.65. The SMILES string of the molecule is C[C-]1C(C)C(C)C(CCP(c2ccccc2)c2ccccc2)C1C.[Li+]. The Morgan fingerprint density at radius 1 is 0.800 bits per heavy atom. The van der Waals surface area contributed by atoms with Crippen molar-refractivity contribution >= 4 is 18.5 Å². The first-order chi connectivity index (χ1) is 11.6. The molecule has 2 heteroatoms. The molecule has 0 aromatic heterocycles. The normalized spacial score (nSPS) is 26.6. The van der Waals surface area contributed by atoms with Gasteiger partial charge in [0.15, 0.2) is 0 Å². The molecule has 1 aliphatic rings. The molecular formula is C23H30LiP. The average molecular weight is 344 g/mol. The molecule has 1 fully saturated rings. The molecule has 4 unspecified atom stereocenters. The third kappa shape index (κ3) is 4.60. The van der Waals surface area contributed by atoms with Gasteiger partial charge >= 0.3 is 18.9 Å². The van der Waals surface area contributed by atoms with E-state index in [1.807, 2.05) is 0 Å². The van der Waals surface area contributed by atoms with E-state index in [4.69, 9.17) is 0 Å². The minimum absolute atomic E-state index is 0. The van der Waals surface area contributed by atoms with Crippen LogP contribution < -0.4 is 29.5 Å². The first kappa shape index (κ1) is 20.8. The van der Waals surface area contributed by atoms with Crippen molar-refractivity contribution in [1.29, 1.82) is 0 Å². The van der Waals surface area contributed by atoms with Gasteiger partial charge in [-0.05, 0) is 31.1 Å². The van der Waals surface area contributed by atoms with Gasteiger partial charge in [0.25, 0.3) is 0 Å². The molecule has 0 aliphatic heterocycles. The third-order valence-electron chi connectivity index (χ3n) is 6.36. The van der Waals surface area contributed by atoms with Gasteiger partial charge in [0.2, 0.25) is 0 Å². The second kappa shape index (κ2) is 9.42. The third-order valence-corrected chi connectivity index (χ3v) is 8.91. The van der Waals surface area contributed by atoms with Crippen LogP contribution in [0.2, 0.25) is 0 Å². The molecule has 2 aromatic rings. The Bertz CT molecular complexity index is 574. The molecule has 1 saturated carbocycles.